The summed E-state index contributed by atoms with van der Waals surface area (Å²) in [6.45, 7) is 1.53. The largest absolute Gasteiger partial charge is 0.353 e. The molecule has 1 fully saturated rings. The molecule has 1 saturated heterocycles. The van der Waals surface area contributed by atoms with E-state index in [4.69, 9.17) is 15.7 Å². The molecule has 9 nitrogen and oxygen atoms in total. The van der Waals surface area contributed by atoms with E-state index in [9.17, 15) is 4.39 Å². The molecule has 1 aromatic carbocycles. The van der Waals surface area contributed by atoms with Crippen molar-refractivity contribution in [3.05, 3.63) is 72.9 Å². The first-order chi connectivity index (χ1) is 17.6. The zero-order valence-corrected chi connectivity index (χ0v) is 19.0. The fourth-order valence-corrected chi connectivity index (χ4v) is 4.61. The van der Waals surface area contributed by atoms with E-state index < -0.39 is 0 Å². The number of aromatic nitrogens is 7. The first kappa shape index (κ1) is 20.7. The third kappa shape index (κ3) is 3.30. The number of nitrogens with two attached hydrogens (primary N) is 1. The number of rotatable bonds is 4. The maximum atomic E-state index is 14.5. The summed E-state index contributed by atoms with van der Waals surface area (Å²) < 4.78 is 14.5. The Kier molecular flexibility index (Phi) is 4.55. The molecular weight excluding hydrogens is 457 g/mol. The van der Waals surface area contributed by atoms with Gasteiger partial charge in [-0.2, -0.15) is 5.10 Å². The highest BCUT2D eigenvalue weighted by Gasteiger charge is 2.25. The average molecular weight is 478 g/mol. The summed E-state index contributed by atoms with van der Waals surface area (Å²) in [5, 5.41) is 8.37. The molecule has 6 aromatic rings. The molecule has 10 heteroatoms. The van der Waals surface area contributed by atoms with E-state index >= 15 is 0 Å². The predicted octanol–water partition coefficient (Wildman–Crippen LogP) is 3.91. The molecule has 0 aliphatic carbocycles. The van der Waals surface area contributed by atoms with Crippen LogP contribution in [0.2, 0.25) is 0 Å². The average Bonchev–Trinajstić information content (AvgIpc) is 3.51. The van der Waals surface area contributed by atoms with Crippen LogP contribution in [-0.4, -0.2) is 54.2 Å². The van der Waals surface area contributed by atoms with Crippen molar-refractivity contribution in [2.45, 2.75) is 6.04 Å². The minimum absolute atomic E-state index is 0.170. The summed E-state index contributed by atoms with van der Waals surface area (Å²) in [5.74, 6) is 0.465. The molecule has 6 heterocycles. The molecule has 1 aliphatic heterocycles. The van der Waals surface area contributed by atoms with Crippen LogP contribution in [0.15, 0.2) is 67.1 Å². The van der Waals surface area contributed by atoms with Gasteiger partial charge in [0.25, 0.3) is 0 Å². The van der Waals surface area contributed by atoms with E-state index in [0.29, 0.717) is 33.9 Å². The van der Waals surface area contributed by atoms with Crippen molar-refractivity contribution in [1.29, 1.82) is 0 Å². The van der Waals surface area contributed by atoms with Gasteiger partial charge in [-0.3, -0.25) is 15.1 Å². The Hall–Kier alpha value is -4.70. The molecule has 0 amide bonds. The number of benzene rings is 1. The summed E-state index contributed by atoms with van der Waals surface area (Å²) in [4.78, 5) is 23.9. The Morgan fingerprint density at radius 1 is 0.944 bits per heavy atom. The second kappa shape index (κ2) is 7.92. The highest BCUT2D eigenvalue weighted by molar-refractivity contribution is 5.99. The summed E-state index contributed by atoms with van der Waals surface area (Å²) >= 11 is 0. The quantitative estimate of drug-likeness (QED) is 0.351. The number of fused-ring (bicyclic) bond motifs is 2. The number of hydrogen-bond donors (Lipinski definition) is 3. The van der Waals surface area contributed by atoms with Crippen molar-refractivity contribution in [1.82, 2.24) is 35.1 Å². The Bertz CT molecular complexity index is 1750. The maximum Gasteiger partial charge on any atom is 0.147 e. The lowest BCUT2D eigenvalue weighted by molar-refractivity contribution is 0.514. The first-order valence-corrected chi connectivity index (χ1v) is 11.5. The normalized spacial score (nSPS) is 14.0. The lowest BCUT2D eigenvalue weighted by Crippen LogP contribution is -2.56. The molecular formula is C26H20FN9. The number of nitrogens with one attached hydrogen (secondary N) is 2. The van der Waals surface area contributed by atoms with Crippen molar-refractivity contribution < 1.29 is 4.39 Å². The molecule has 1 aliphatic rings. The van der Waals surface area contributed by atoms with Gasteiger partial charge < -0.3 is 15.6 Å². The molecule has 5 aromatic heterocycles. The summed E-state index contributed by atoms with van der Waals surface area (Å²) in [5.41, 5.74) is 12.0. The lowest BCUT2D eigenvalue weighted by atomic mass is 10.1. The van der Waals surface area contributed by atoms with Crippen LogP contribution in [-0.2, 0) is 0 Å². The van der Waals surface area contributed by atoms with Crippen molar-refractivity contribution >= 4 is 27.8 Å². The van der Waals surface area contributed by atoms with E-state index in [2.05, 4.69) is 30.0 Å². The third-order valence-corrected chi connectivity index (χ3v) is 6.46. The lowest BCUT2D eigenvalue weighted by Gasteiger charge is -2.37. The van der Waals surface area contributed by atoms with Gasteiger partial charge in [-0.05, 0) is 36.4 Å². The van der Waals surface area contributed by atoms with Crippen LogP contribution in [0.3, 0.4) is 0 Å². The number of anilines is 1. The van der Waals surface area contributed by atoms with Gasteiger partial charge in [-0.25, -0.2) is 14.4 Å². The van der Waals surface area contributed by atoms with E-state index in [0.717, 1.165) is 41.0 Å². The number of aromatic amines is 2. The number of pyridine rings is 2. The van der Waals surface area contributed by atoms with E-state index in [-0.39, 0.29) is 11.9 Å². The highest BCUT2D eigenvalue weighted by atomic mass is 19.1. The van der Waals surface area contributed by atoms with Crippen molar-refractivity contribution in [2.75, 3.05) is 18.0 Å². The summed E-state index contributed by atoms with van der Waals surface area (Å²) in [6.07, 6.45) is 5.11. The second-order valence-corrected chi connectivity index (χ2v) is 8.88. The van der Waals surface area contributed by atoms with Gasteiger partial charge >= 0.3 is 0 Å². The molecule has 176 valence electrons. The van der Waals surface area contributed by atoms with Gasteiger partial charge in [0.15, 0.2) is 0 Å². The molecule has 0 spiro atoms. The van der Waals surface area contributed by atoms with Gasteiger partial charge in [-0.15, -0.1) is 0 Å². The summed E-state index contributed by atoms with van der Waals surface area (Å²) in [7, 11) is 0. The molecule has 0 unspecified atom stereocenters. The van der Waals surface area contributed by atoms with Gasteiger partial charge in [-0.1, -0.05) is 12.1 Å². The van der Waals surface area contributed by atoms with Gasteiger partial charge in [0.2, 0.25) is 0 Å². The first-order valence-electron chi connectivity index (χ1n) is 11.5. The third-order valence-electron chi connectivity index (χ3n) is 6.46. The monoisotopic (exact) mass is 477 g/mol. The molecule has 0 bridgehead atoms. The number of H-pyrrole nitrogens is 2. The molecule has 36 heavy (non-hydrogen) atoms. The molecule has 0 saturated carbocycles. The topological polar surface area (TPSA) is 125 Å². The van der Waals surface area contributed by atoms with Crippen LogP contribution in [0, 0.1) is 5.82 Å². The van der Waals surface area contributed by atoms with Crippen molar-refractivity contribution in [3.8, 4) is 34.0 Å². The Balaban J connectivity index is 1.32. The smallest absolute Gasteiger partial charge is 0.147 e. The van der Waals surface area contributed by atoms with E-state index in [1.54, 1.807) is 36.8 Å². The van der Waals surface area contributed by atoms with Crippen LogP contribution in [0.4, 0.5) is 10.2 Å². The van der Waals surface area contributed by atoms with Crippen LogP contribution < -0.4 is 10.6 Å². The maximum absolute atomic E-state index is 14.5. The van der Waals surface area contributed by atoms with Crippen LogP contribution in [0.25, 0.3) is 56.0 Å². The fourth-order valence-electron chi connectivity index (χ4n) is 4.61. The molecule has 7 rings (SSSR count). The minimum Gasteiger partial charge on any atom is -0.353 e. The van der Waals surface area contributed by atoms with Crippen molar-refractivity contribution in [3.63, 3.8) is 0 Å². The van der Waals surface area contributed by atoms with Gasteiger partial charge in [0.1, 0.15) is 28.5 Å². The standard InChI is InChI=1S/C26H20FN9/c27-17-4-2-1-3-15(17)24-16-9-21(31-18(16)7-8-30-24)26-25-20(34-35-26)6-5-19(33-25)22-10-29-11-23(32-22)36-12-14(28)13-36/h1-11,14,31H,12-13,28H2,(H,34,35). The van der Waals surface area contributed by atoms with E-state index in [1.807, 2.05) is 24.3 Å². The van der Waals surface area contributed by atoms with E-state index in [1.165, 1.54) is 6.07 Å². The zero-order valence-electron chi connectivity index (χ0n) is 19.0. The SMILES string of the molecule is NC1CN(c2cncc(-c3ccc4[nH]nc(-c5cc6c(-c7ccccc7F)nccc6[nH]5)c4n3)n2)C1. The Labute approximate surface area is 204 Å². The Morgan fingerprint density at radius 3 is 2.69 bits per heavy atom. The minimum atomic E-state index is -0.319. The fraction of sp³-hybridized carbons (Fsp3) is 0.115. The van der Waals surface area contributed by atoms with Crippen LogP contribution >= 0.6 is 0 Å². The van der Waals surface area contributed by atoms with Gasteiger partial charge in [0.05, 0.1) is 35.0 Å². The number of halogens is 1. The highest BCUT2D eigenvalue weighted by Crippen LogP contribution is 2.34. The summed E-state index contributed by atoms with van der Waals surface area (Å²) in [6, 6.07) is 14.4. The van der Waals surface area contributed by atoms with Crippen LogP contribution in [0.5, 0.6) is 0 Å². The zero-order chi connectivity index (χ0) is 24.2. The van der Waals surface area contributed by atoms with Crippen molar-refractivity contribution in [2.24, 2.45) is 5.73 Å². The van der Waals surface area contributed by atoms with Crippen LogP contribution in [0.1, 0.15) is 0 Å². The van der Waals surface area contributed by atoms with Gasteiger partial charge in [0, 0.05) is 41.8 Å². The Morgan fingerprint density at radius 2 is 1.83 bits per heavy atom. The molecule has 0 radical (unpaired) electrons. The molecule has 4 N–H and O–H groups in total. The number of hydrogen-bond acceptors (Lipinski definition) is 7. The second-order valence-electron chi connectivity index (χ2n) is 8.88. The molecule has 0 atom stereocenters. The number of nitrogens with zero attached hydrogens (tertiary/aromatic N) is 6. The predicted molar refractivity (Wildman–Crippen MR) is 136 cm³/mol.